The normalized spacial score (nSPS) is 8.92. The van der Waals surface area contributed by atoms with Gasteiger partial charge in [0.1, 0.15) is 0 Å². The van der Waals surface area contributed by atoms with Crippen molar-refractivity contribution in [2.24, 2.45) is 0 Å². The third-order valence-corrected chi connectivity index (χ3v) is 1.24. The highest BCUT2D eigenvalue weighted by Gasteiger charge is 1.95. The molecule has 0 spiro atoms. The van der Waals surface area contributed by atoms with E-state index in [4.69, 9.17) is 15.6 Å². The predicted molar refractivity (Wildman–Crippen MR) is 43.9 cm³/mol. The Labute approximate surface area is 72.8 Å². The van der Waals surface area contributed by atoms with E-state index < -0.39 is 0 Å². The molecule has 7 heteroatoms. The third kappa shape index (κ3) is 1.89. The van der Waals surface area contributed by atoms with Gasteiger partial charge in [-0.1, -0.05) is 0 Å². The van der Waals surface area contributed by atoms with Crippen molar-refractivity contribution in [1.29, 1.82) is 0 Å². The van der Waals surface area contributed by atoms with Gasteiger partial charge in [-0.05, 0) is 6.07 Å². The van der Waals surface area contributed by atoms with E-state index in [9.17, 15) is 0 Å². The second-order valence-corrected chi connectivity index (χ2v) is 1.98. The molecule has 0 saturated heterocycles. The molecule has 0 saturated carbocycles. The van der Waals surface area contributed by atoms with E-state index in [1.165, 1.54) is 4.52 Å². The molecule has 0 unspecified atom stereocenters. The minimum Gasteiger partial charge on any atom is -0.483 e. The summed E-state index contributed by atoms with van der Waals surface area (Å²) in [6.45, 7) is -0.250. The summed E-state index contributed by atoms with van der Waals surface area (Å²) in [4.78, 5) is 8.36. The largest absolute Gasteiger partial charge is 0.483 e. The Morgan fingerprint density at radius 1 is 1.62 bits per heavy atom. The first kappa shape index (κ1) is 8.91. The summed E-state index contributed by atoms with van der Waals surface area (Å²) < 4.78 is 1.52. The Hall–Kier alpha value is -2.18. The summed E-state index contributed by atoms with van der Waals surface area (Å²) in [5.41, 5.74) is 6.28. The number of hydrogen-bond donors (Lipinski definition) is 2. The number of nitrogens with zero attached hydrogens (tertiary/aromatic N) is 4. The number of nitrogen functional groups attached to an aromatic ring is 1. The maximum Gasteiger partial charge on any atom is 0.290 e. The van der Waals surface area contributed by atoms with Gasteiger partial charge in [0, 0.05) is 0 Å². The molecule has 0 aliphatic carbocycles. The number of hydrogen-bond acceptors (Lipinski definition) is 5. The van der Waals surface area contributed by atoms with Crippen LogP contribution in [-0.4, -0.2) is 31.4 Å². The molecular weight excluding hydrogens is 174 g/mol. The highest BCUT2D eigenvalue weighted by molar-refractivity contribution is 5.45. The molecule has 68 valence electrons. The van der Waals surface area contributed by atoms with Crippen LogP contribution in [0.4, 0.5) is 5.95 Å². The molecule has 0 aliphatic rings. The van der Waals surface area contributed by atoms with Gasteiger partial charge in [-0.25, -0.2) is 0 Å². The van der Waals surface area contributed by atoms with Crippen LogP contribution >= 0.6 is 0 Å². The van der Waals surface area contributed by atoms with Crippen LogP contribution in [0.5, 0.6) is 0 Å². The van der Waals surface area contributed by atoms with Crippen LogP contribution in [0.25, 0.3) is 5.52 Å². The van der Waals surface area contributed by atoms with Crippen LogP contribution in [0, 0.1) is 0 Å². The van der Waals surface area contributed by atoms with E-state index in [1.54, 1.807) is 12.4 Å². The smallest absolute Gasteiger partial charge is 0.290 e. The maximum atomic E-state index is 8.36. The van der Waals surface area contributed by atoms with Crippen molar-refractivity contribution in [3.63, 3.8) is 0 Å². The van der Waals surface area contributed by atoms with Crippen molar-refractivity contribution >= 4 is 17.9 Å². The third-order valence-electron chi connectivity index (χ3n) is 1.24. The number of aromatic nitrogens is 4. The first-order chi connectivity index (χ1) is 6.29. The molecule has 3 N–H and O–H groups in total. The summed E-state index contributed by atoms with van der Waals surface area (Å²) in [6.07, 6.45) is 3.25. The van der Waals surface area contributed by atoms with Gasteiger partial charge in [0.05, 0.1) is 17.9 Å². The molecule has 0 amide bonds. The lowest BCUT2D eigenvalue weighted by molar-refractivity contribution is -0.122. The minimum absolute atomic E-state index is 0.250. The van der Waals surface area contributed by atoms with Crippen LogP contribution < -0.4 is 5.73 Å². The van der Waals surface area contributed by atoms with Crippen molar-refractivity contribution in [2.75, 3.05) is 5.73 Å². The summed E-state index contributed by atoms with van der Waals surface area (Å²) in [5, 5.41) is 18.1. The number of carbonyl (C=O) groups is 1. The Morgan fingerprint density at radius 2 is 2.31 bits per heavy atom. The zero-order chi connectivity index (χ0) is 9.68. The van der Waals surface area contributed by atoms with Crippen LogP contribution in [0.1, 0.15) is 0 Å². The Kier molecular flexibility index (Phi) is 2.74. The molecule has 0 radical (unpaired) electrons. The quantitative estimate of drug-likeness (QED) is 0.526. The van der Waals surface area contributed by atoms with E-state index in [0.29, 0.717) is 5.95 Å². The zero-order valence-electron chi connectivity index (χ0n) is 6.53. The minimum atomic E-state index is -0.250. The maximum absolute atomic E-state index is 8.36. The molecule has 2 rings (SSSR count). The Balaban J connectivity index is 0.000000251. The van der Waals surface area contributed by atoms with Gasteiger partial charge in [-0.2, -0.15) is 14.7 Å². The molecule has 0 aliphatic heterocycles. The second kappa shape index (κ2) is 4.00. The van der Waals surface area contributed by atoms with Gasteiger partial charge in [-0.15, -0.1) is 5.10 Å². The van der Waals surface area contributed by atoms with Gasteiger partial charge in [0.25, 0.3) is 6.47 Å². The fraction of sp³-hybridized carbons (Fsp3) is 0. The summed E-state index contributed by atoms with van der Waals surface area (Å²) in [5.74, 6) is 0.308. The number of nitrogens with two attached hydrogens (primary N) is 1. The lowest BCUT2D eigenvalue weighted by Crippen LogP contribution is -2.02. The van der Waals surface area contributed by atoms with Gasteiger partial charge >= 0.3 is 0 Å². The molecule has 2 aromatic heterocycles. The van der Waals surface area contributed by atoms with Gasteiger partial charge in [-0.3, -0.25) is 4.79 Å². The highest BCUT2D eigenvalue weighted by atomic mass is 16.3. The van der Waals surface area contributed by atoms with Crippen LogP contribution in [-0.2, 0) is 4.79 Å². The lowest BCUT2D eigenvalue weighted by atomic mass is 10.6. The van der Waals surface area contributed by atoms with Crippen molar-refractivity contribution in [1.82, 2.24) is 19.8 Å². The first-order valence-electron chi connectivity index (χ1n) is 3.28. The van der Waals surface area contributed by atoms with E-state index >= 15 is 0 Å². The van der Waals surface area contributed by atoms with Crippen LogP contribution in [0.3, 0.4) is 0 Å². The molecule has 7 nitrogen and oxygen atoms in total. The molecule has 0 bridgehead atoms. The fourth-order valence-electron chi connectivity index (χ4n) is 0.792. The number of rotatable bonds is 0. The van der Waals surface area contributed by atoms with Crippen LogP contribution in [0.2, 0.25) is 0 Å². The van der Waals surface area contributed by atoms with Crippen molar-refractivity contribution < 1.29 is 9.90 Å². The van der Waals surface area contributed by atoms with Crippen molar-refractivity contribution in [3.8, 4) is 0 Å². The SMILES string of the molecule is Nc1nncc2ccnn12.O=CO. The highest BCUT2D eigenvalue weighted by Crippen LogP contribution is 2.00. The van der Waals surface area contributed by atoms with E-state index in [-0.39, 0.29) is 6.47 Å². The summed E-state index contributed by atoms with van der Waals surface area (Å²) in [6, 6.07) is 1.81. The molecule has 2 heterocycles. The monoisotopic (exact) mass is 181 g/mol. The van der Waals surface area contributed by atoms with E-state index in [0.717, 1.165) is 5.52 Å². The van der Waals surface area contributed by atoms with Crippen molar-refractivity contribution in [3.05, 3.63) is 18.5 Å². The van der Waals surface area contributed by atoms with E-state index in [1.807, 2.05) is 6.07 Å². The van der Waals surface area contributed by atoms with Crippen molar-refractivity contribution in [2.45, 2.75) is 0 Å². The average molecular weight is 181 g/mol. The van der Waals surface area contributed by atoms with Gasteiger partial charge in [0.15, 0.2) is 0 Å². The topological polar surface area (TPSA) is 106 Å². The number of fused-ring (bicyclic) bond motifs is 1. The van der Waals surface area contributed by atoms with E-state index in [2.05, 4.69) is 15.3 Å². The Bertz CT molecular complexity index is 399. The molecule has 0 fully saturated rings. The lowest BCUT2D eigenvalue weighted by Gasteiger charge is -1.92. The molecule has 0 atom stereocenters. The fourth-order valence-corrected chi connectivity index (χ4v) is 0.792. The first-order valence-corrected chi connectivity index (χ1v) is 3.28. The Morgan fingerprint density at radius 3 is 2.92 bits per heavy atom. The standard InChI is InChI=1S/C5H5N5.CH2O2/c6-5-9-7-3-4-1-2-8-10(4)5;2-1-3/h1-3H,(H2,6,9);1H,(H,2,3). The summed E-state index contributed by atoms with van der Waals surface area (Å²) in [7, 11) is 0. The molecule has 0 aromatic carbocycles. The number of carboxylic acid groups (broad SMARTS) is 1. The molecular formula is C6H7N5O2. The van der Waals surface area contributed by atoms with Gasteiger partial charge < -0.3 is 10.8 Å². The number of anilines is 1. The van der Waals surface area contributed by atoms with Gasteiger partial charge in [0.2, 0.25) is 5.95 Å². The average Bonchev–Trinajstić information content (AvgIpc) is 2.54. The second-order valence-electron chi connectivity index (χ2n) is 1.98. The predicted octanol–water partition coefficient (Wildman–Crippen LogP) is -0.593. The summed E-state index contributed by atoms with van der Waals surface area (Å²) >= 11 is 0. The zero-order valence-corrected chi connectivity index (χ0v) is 6.53. The van der Waals surface area contributed by atoms with Crippen LogP contribution in [0.15, 0.2) is 18.5 Å². The molecule has 13 heavy (non-hydrogen) atoms. The molecule has 2 aromatic rings.